The van der Waals surface area contributed by atoms with Gasteiger partial charge in [-0.05, 0) is 39.7 Å². The van der Waals surface area contributed by atoms with Crippen molar-refractivity contribution < 1.29 is 0 Å². The van der Waals surface area contributed by atoms with Crippen LogP contribution in [0.5, 0.6) is 0 Å². The van der Waals surface area contributed by atoms with E-state index in [0.29, 0.717) is 17.6 Å². The highest BCUT2D eigenvalue weighted by atomic mass is 15.2. The van der Waals surface area contributed by atoms with E-state index in [1.165, 1.54) is 32.4 Å². The third kappa shape index (κ3) is 3.76. The van der Waals surface area contributed by atoms with Gasteiger partial charge in [-0.25, -0.2) is 0 Å². The molecule has 0 amide bonds. The van der Waals surface area contributed by atoms with Crippen molar-refractivity contribution in [3.8, 4) is 0 Å². The molecule has 2 nitrogen and oxygen atoms in total. The number of piperidine rings is 1. The predicted molar refractivity (Wildman–Crippen MR) is 67.2 cm³/mol. The Balaban J connectivity index is 2.48. The van der Waals surface area contributed by atoms with Gasteiger partial charge in [-0.2, -0.15) is 0 Å². The molecule has 0 aromatic rings. The maximum Gasteiger partial charge on any atom is 0.0198 e. The van der Waals surface area contributed by atoms with Gasteiger partial charge in [0.15, 0.2) is 0 Å². The molecule has 0 aromatic heterocycles. The summed E-state index contributed by atoms with van der Waals surface area (Å²) in [5.41, 5.74) is 0.372. The maximum absolute atomic E-state index is 3.67. The topological polar surface area (TPSA) is 15.3 Å². The Labute approximate surface area is 95.4 Å². The van der Waals surface area contributed by atoms with Crippen LogP contribution in [0.4, 0.5) is 0 Å². The van der Waals surface area contributed by atoms with E-state index in [4.69, 9.17) is 0 Å². The van der Waals surface area contributed by atoms with Gasteiger partial charge in [0, 0.05) is 24.2 Å². The van der Waals surface area contributed by atoms with Crippen molar-refractivity contribution in [2.75, 3.05) is 13.1 Å². The molecule has 15 heavy (non-hydrogen) atoms. The van der Waals surface area contributed by atoms with Gasteiger partial charge in [0.05, 0.1) is 0 Å². The molecule has 2 heteroatoms. The standard InChI is InChI=1S/C13H28N2/c1-6-13(4,5)15-9-7-8-12(10-15)14-11(2)3/h11-12,14H,6-10H2,1-5H3. The minimum absolute atomic E-state index is 0.372. The third-order valence-corrected chi connectivity index (χ3v) is 3.71. The van der Waals surface area contributed by atoms with Crippen LogP contribution in [0.2, 0.25) is 0 Å². The summed E-state index contributed by atoms with van der Waals surface area (Å²) >= 11 is 0. The summed E-state index contributed by atoms with van der Waals surface area (Å²) in [5, 5.41) is 3.67. The lowest BCUT2D eigenvalue weighted by Crippen LogP contribution is -2.54. The number of likely N-dealkylation sites (tertiary alicyclic amines) is 1. The molecule has 1 rings (SSSR count). The average Bonchev–Trinajstić information content (AvgIpc) is 2.17. The van der Waals surface area contributed by atoms with Crippen molar-refractivity contribution in [1.82, 2.24) is 10.2 Å². The minimum Gasteiger partial charge on any atom is -0.311 e. The van der Waals surface area contributed by atoms with Crippen LogP contribution in [0.25, 0.3) is 0 Å². The molecule has 1 atom stereocenters. The molecule has 1 N–H and O–H groups in total. The molecule has 0 aliphatic carbocycles. The fourth-order valence-corrected chi connectivity index (χ4v) is 2.36. The Hall–Kier alpha value is -0.0800. The number of hydrogen-bond acceptors (Lipinski definition) is 2. The fourth-order valence-electron chi connectivity index (χ4n) is 2.36. The summed E-state index contributed by atoms with van der Waals surface area (Å²) in [7, 11) is 0. The molecule has 0 aromatic carbocycles. The van der Waals surface area contributed by atoms with Crippen molar-refractivity contribution in [2.24, 2.45) is 0 Å². The smallest absolute Gasteiger partial charge is 0.0198 e. The Bertz CT molecular complexity index is 187. The van der Waals surface area contributed by atoms with Gasteiger partial charge in [-0.15, -0.1) is 0 Å². The zero-order chi connectivity index (χ0) is 11.5. The van der Waals surface area contributed by atoms with Gasteiger partial charge >= 0.3 is 0 Å². The highest BCUT2D eigenvalue weighted by Gasteiger charge is 2.29. The summed E-state index contributed by atoms with van der Waals surface area (Å²) in [6.45, 7) is 14.0. The van der Waals surface area contributed by atoms with Crippen LogP contribution in [-0.2, 0) is 0 Å². The third-order valence-electron chi connectivity index (χ3n) is 3.71. The first-order valence-electron chi connectivity index (χ1n) is 6.47. The van der Waals surface area contributed by atoms with E-state index in [2.05, 4.69) is 44.8 Å². The first-order chi connectivity index (χ1) is 6.95. The van der Waals surface area contributed by atoms with Crippen LogP contribution >= 0.6 is 0 Å². The van der Waals surface area contributed by atoms with Gasteiger partial charge in [-0.3, -0.25) is 4.90 Å². The van der Waals surface area contributed by atoms with Crippen LogP contribution in [0, 0.1) is 0 Å². The molecular formula is C13H28N2. The van der Waals surface area contributed by atoms with Crippen molar-refractivity contribution in [3.63, 3.8) is 0 Å². The lowest BCUT2D eigenvalue weighted by atomic mass is 9.94. The van der Waals surface area contributed by atoms with E-state index in [0.717, 1.165) is 0 Å². The largest absolute Gasteiger partial charge is 0.311 e. The first kappa shape index (κ1) is 13.0. The SMILES string of the molecule is CCC(C)(C)N1CCCC(NC(C)C)C1. The van der Waals surface area contributed by atoms with Gasteiger partial charge in [-0.1, -0.05) is 20.8 Å². The Morgan fingerprint density at radius 2 is 2.07 bits per heavy atom. The van der Waals surface area contributed by atoms with Crippen molar-refractivity contribution in [1.29, 1.82) is 0 Å². The van der Waals surface area contributed by atoms with E-state index in [-0.39, 0.29) is 0 Å². The van der Waals surface area contributed by atoms with Crippen LogP contribution in [0.3, 0.4) is 0 Å². The normalized spacial score (nSPS) is 24.8. The van der Waals surface area contributed by atoms with Crippen molar-refractivity contribution in [3.05, 3.63) is 0 Å². The number of nitrogens with zero attached hydrogens (tertiary/aromatic N) is 1. The molecule has 90 valence electrons. The molecule has 0 saturated carbocycles. The summed E-state index contributed by atoms with van der Waals surface area (Å²) in [6, 6.07) is 1.31. The van der Waals surface area contributed by atoms with E-state index in [1.54, 1.807) is 0 Å². The number of nitrogens with one attached hydrogen (secondary N) is 1. The predicted octanol–water partition coefficient (Wildman–Crippen LogP) is 2.64. The second-order valence-corrected chi connectivity index (χ2v) is 5.77. The zero-order valence-corrected chi connectivity index (χ0v) is 11.1. The molecular weight excluding hydrogens is 184 g/mol. The quantitative estimate of drug-likeness (QED) is 0.770. The Kier molecular flexibility index (Phi) is 4.60. The molecule has 1 aliphatic rings. The van der Waals surface area contributed by atoms with Crippen LogP contribution < -0.4 is 5.32 Å². The molecule has 0 spiro atoms. The summed E-state index contributed by atoms with van der Waals surface area (Å²) < 4.78 is 0. The first-order valence-corrected chi connectivity index (χ1v) is 6.47. The molecule has 1 heterocycles. The van der Waals surface area contributed by atoms with Crippen LogP contribution in [0.1, 0.15) is 53.9 Å². The maximum atomic E-state index is 3.67. The highest BCUT2D eigenvalue weighted by Crippen LogP contribution is 2.23. The second kappa shape index (κ2) is 5.31. The molecule has 1 fully saturated rings. The van der Waals surface area contributed by atoms with E-state index in [9.17, 15) is 0 Å². The van der Waals surface area contributed by atoms with Crippen molar-refractivity contribution >= 4 is 0 Å². The van der Waals surface area contributed by atoms with Gasteiger partial charge < -0.3 is 5.32 Å². The highest BCUT2D eigenvalue weighted by molar-refractivity contribution is 4.87. The van der Waals surface area contributed by atoms with E-state index in [1.807, 2.05) is 0 Å². The molecule has 1 unspecified atom stereocenters. The Morgan fingerprint density at radius 3 is 2.60 bits per heavy atom. The van der Waals surface area contributed by atoms with Crippen LogP contribution in [0.15, 0.2) is 0 Å². The molecule has 0 radical (unpaired) electrons. The minimum atomic E-state index is 0.372. The average molecular weight is 212 g/mol. The lowest BCUT2D eigenvalue weighted by molar-refractivity contribution is 0.0728. The monoisotopic (exact) mass is 212 g/mol. The number of rotatable bonds is 4. The summed E-state index contributed by atoms with van der Waals surface area (Å²) in [4.78, 5) is 2.65. The molecule has 0 bridgehead atoms. The zero-order valence-electron chi connectivity index (χ0n) is 11.1. The van der Waals surface area contributed by atoms with Gasteiger partial charge in [0.25, 0.3) is 0 Å². The summed E-state index contributed by atoms with van der Waals surface area (Å²) in [5.74, 6) is 0. The second-order valence-electron chi connectivity index (χ2n) is 5.77. The molecule has 1 aliphatic heterocycles. The lowest BCUT2D eigenvalue weighted by Gasteiger charge is -2.44. The Morgan fingerprint density at radius 1 is 1.40 bits per heavy atom. The fraction of sp³-hybridized carbons (Fsp3) is 1.00. The van der Waals surface area contributed by atoms with Crippen molar-refractivity contribution in [2.45, 2.75) is 71.5 Å². The molecule has 1 saturated heterocycles. The summed E-state index contributed by atoms with van der Waals surface area (Å²) in [6.07, 6.45) is 3.92. The van der Waals surface area contributed by atoms with Gasteiger partial charge in [0.2, 0.25) is 0 Å². The number of hydrogen-bond donors (Lipinski definition) is 1. The van der Waals surface area contributed by atoms with E-state index < -0.39 is 0 Å². The van der Waals surface area contributed by atoms with Gasteiger partial charge in [0.1, 0.15) is 0 Å². The van der Waals surface area contributed by atoms with E-state index >= 15 is 0 Å². The van der Waals surface area contributed by atoms with Crippen LogP contribution in [-0.4, -0.2) is 35.6 Å².